The van der Waals surface area contributed by atoms with Crippen LogP contribution in [0.3, 0.4) is 0 Å². The van der Waals surface area contributed by atoms with E-state index < -0.39 is 4.92 Å². The second-order valence-corrected chi connectivity index (χ2v) is 3.32. The number of hydrogen-bond acceptors (Lipinski definition) is 6. The maximum atomic E-state index is 10.4. The Bertz CT molecular complexity index is 521. The fourth-order valence-electron chi connectivity index (χ4n) is 1.33. The second-order valence-electron chi connectivity index (χ2n) is 3.32. The number of nitrogens with zero attached hydrogens (tertiary/aromatic N) is 4. The monoisotopic (exact) mass is 234 g/mol. The molecule has 0 saturated carbocycles. The van der Waals surface area contributed by atoms with Crippen molar-refractivity contribution in [3.63, 3.8) is 0 Å². The van der Waals surface area contributed by atoms with E-state index in [0.717, 1.165) is 5.56 Å². The third-order valence-electron chi connectivity index (χ3n) is 2.13. The summed E-state index contributed by atoms with van der Waals surface area (Å²) < 4.78 is 1.48. The Kier molecular flexibility index (Phi) is 2.97. The molecule has 2 aromatic rings. The Labute approximate surface area is 96.2 Å². The Morgan fingerprint density at radius 3 is 2.82 bits per heavy atom. The van der Waals surface area contributed by atoms with E-state index in [1.54, 1.807) is 18.5 Å². The molecule has 0 spiro atoms. The van der Waals surface area contributed by atoms with Crippen LogP contribution in [0.1, 0.15) is 5.56 Å². The highest BCUT2D eigenvalue weighted by molar-refractivity contribution is 5.33. The first-order valence-electron chi connectivity index (χ1n) is 4.78. The summed E-state index contributed by atoms with van der Waals surface area (Å²) in [5.41, 5.74) is 3.29. The predicted molar refractivity (Wildman–Crippen MR) is 60.0 cm³/mol. The Morgan fingerprint density at radius 1 is 1.47 bits per heavy atom. The lowest BCUT2D eigenvalue weighted by molar-refractivity contribution is -0.389. The van der Waals surface area contributed by atoms with Crippen LogP contribution in [0.4, 0.5) is 11.6 Å². The molecule has 8 heteroatoms. The maximum Gasteiger partial charge on any atom is 0.389 e. The number of nitro groups is 1. The van der Waals surface area contributed by atoms with Crippen LogP contribution in [0.5, 0.6) is 0 Å². The van der Waals surface area contributed by atoms with Crippen LogP contribution in [0, 0.1) is 10.1 Å². The average molecular weight is 234 g/mol. The first-order chi connectivity index (χ1) is 8.19. The lowest BCUT2D eigenvalue weighted by Gasteiger charge is -2.00. The highest BCUT2D eigenvalue weighted by Gasteiger charge is 2.10. The van der Waals surface area contributed by atoms with Gasteiger partial charge in [0, 0.05) is 6.20 Å². The Morgan fingerprint density at radius 2 is 2.29 bits per heavy atom. The van der Waals surface area contributed by atoms with E-state index in [4.69, 9.17) is 5.84 Å². The number of nitrogens with one attached hydrogen (secondary N) is 1. The van der Waals surface area contributed by atoms with E-state index in [2.05, 4.69) is 15.5 Å². The van der Waals surface area contributed by atoms with E-state index in [9.17, 15) is 10.1 Å². The first-order valence-corrected chi connectivity index (χ1v) is 4.78. The molecule has 0 saturated heterocycles. The molecule has 0 atom stereocenters. The van der Waals surface area contributed by atoms with E-state index in [1.807, 2.05) is 6.07 Å². The molecule has 0 amide bonds. The minimum atomic E-state index is -0.532. The highest BCUT2D eigenvalue weighted by Crippen LogP contribution is 2.09. The van der Waals surface area contributed by atoms with Crippen LogP contribution in [-0.4, -0.2) is 19.7 Å². The summed E-state index contributed by atoms with van der Waals surface area (Å²) in [5, 5.41) is 14.2. The van der Waals surface area contributed by atoms with Gasteiger partial charge in [0.2, 0.25) is 0 Å². The molecule has 0 fully saturated rings. The lowest BCUT2D eigenvalue weighted by Crippen LogP contribution is -2.08. The maximum absolute atomic E-state index is 10.4. The van der Waals surface area contributed by atoms with Gasteiger partial charge >= 0.3 is 5.82 Å². The summed E-state index contributed by atoms with van der Waals surface area (Å²) in [6, 6.07) is 4.88. The number of rotatable bonds is 4. The van der Waals surface area contributed by atoms with Crippen LogP contribution in [-0.2, 0) is 6.54 Å². The summed E-state index contributed by atoms with van der Waals surface area (Å²) in [6.45, 7) is 0.422. The van der Waals surface area contributed by atoms with Gasteiger partial charge in [-0.2, -0.15) is 4.68 Å². The van der Waals surface area contributed by atoms with Gasteiger partial charge in [-0.3, -0.25) is 0 Å². The van der Waals surface area contributed by atoms with Crippen molar-refractivity contribution < 1.29 is 4.92 Å². The number of hydrogen-bond donors (Lipinski definition) is 2. The second kappa shape index (κ2) is 4.58. The zero-order valence-corrected chi connectivity index (χ0v) is 8.78. The normalized spacial score (nSPS) is 10.2. The summed E-state index contributed by atoms with van der Waals surface area (Å²) in [4.78, 5) is 13.9. The Hall–Kier alpha value is -2.48. The van der Waals surface area contributed by atoms with Gasteiger partial charge in [0.25, 0.3) is 0 Å². The third-order valence-corrected chi connectivity index (χ3v) is 2.13. The van der Waals surface area contributed by atoms with Gasteiger partial charge in [0.05, 0.1) is 23.9 Å². The van der Waals surface area contributed by atoms with Crippen molar-refractivity contribution in [2.24, 2.45) is 5.84 Å². The average Bonchev–Trinajstić information content (AvgIpc) is 2.79. The molecule has 0 aliphatic carbocycles. The smallest absolute Gasteiger partial charge is 0.358 e. The molecule has 8 nitrogen and oxygen atoms in total. The summed E-state index contributed by atoms with van der Waals surface area (Å²) in [7, 11) is 0. The van der Waals surface area contributed by atoms with Gasteiger partial charge in [-0.1, -0.05) is 6.07 Å². The molecule has 0 radical (unpaired) electrons. The van der Waals surface area contributed by atoms with Crippen molar-refractivity contribution >= 4 is 11.6 Å². The zero-order valence-electron chi connectivity index (χ0n) is 8.78. The first kappa shape index (κ1) is 11.0. The molecule has 0 aliphatic heterocycles. The van der Waals surface area contributed by atoms with Crippen molar-refractivity contribution in [3.8, 4) is 0 Å². The number of nitrogens with two attached hydrogens (primary N) is 1. The molecule has 2 rings (SSSR count). The summed E-state index contributed by atoms with van der Waals surface area (Å²) in [6.07, 6.45) is 3.18. The standard InChI is InChI=1S/C9H10N6O2/c10-12-8-2-1-7(5-11-8)6-14-4-3-9(13-14)15(16)17/h1-5H,6,10H2,(H,11,12). The Balaban J connectivity index is 2.11. The SMILES string of the molecule is NNc1ccc(Cn2ccc([N+](=O)[O-])n2)cn1. The third kappa shape index (κ3) is 2.55. The number of pyridine rings is 1. The number of aromatic nitrogens is 3. The topological polar surface area (TPSA) is 112 Å². The van der Waals surface area contributed by atoms with E-state index >= 15 is 0 Å². The predicted octanol–water partition coefficient (Wildman–Crippen LogP) is 0.520. The van der Waals surface area contributed by atoms with Gasteiger partial charge in [-0.15, -0.1) is 0 Å². The quantitative estimate of drug-likeness (QED) is 0.453. The highest BCUT2D eigenvalue weighted by atomic mass is 16.6. The van der Waals surface area contributed by atoms with Crippen molar-refractivity contribution in [3.05, 3.63) is 46.3 Å². The number of nitrogen functional groups attached to an aromatic ring is 1. The summed E-state index contributed by atoms with van der Waals surface area (Å²) >= 11 is 0. The van der Waals surface area contributed by atoms with Crippen molar-refractivity contribution in [1.29, 1.82) is 0 Å². The van der Waals surface area contributed by atoms with Crippen LogP contribution in [0.15, 0.2) is 30.6 Å². The van der Waals surface area contributed by atoms with Crippen LogP contribution in [0.25, 0.3) is 0 Å². The minimum Gasteiger partial charge on any atom is -0.358 e. The van der Waals surface area contributed by atoms with Gasteiger partial charge in [0.1, 0.15) is 5.82 Å². The van der Waals surface area contributed by atoms with E-state index in [0.29, 0.717) is 12.4 Å². The summed E-state index contributed by atoms with van der Waals surface area (Å²) in [5.74, 6) is 5.57. The molecule has 0 bridgehead atoms. The molecule has 88 valence electrons. The van der Waals surface area contributed by atoms with E-state index in [-0.39, 0.29) is 5.82 Å². The molecule has 17 heavy (non-hydrogen) atoms. The molecular weight excluding hydrogens is 224 g/mol. The van der Waals surface area contributed by atoms with Crippen LogP contribution in [0.2, 0.25) is 0 Å². The van der Waals surface area contributed by atoms with Crippen LogP contribution < -0.4 is 11.3 Å². The van der Waals surface area contributed by atoms with Crippen molar-refractivity contribution in [1.82, 2.24) is 14.8 Å². The fourth-order valence-corrected chi connectivity index (χ4v) is 1.33. The lowest BCUT2D eigenvalue weighted by atomic mass is 10.3. The van der Waals surface area contributed by atoms with Gasteiger partial charge in [-0.25, -0.2) is 10.8 Å². The zero-order chi connectivity index (χ0) is 12.3. The van der Waals surface area contributed by atoms with Crippen LogP contribution >= 0.6 is 0 Å². The molecular formula is C9H10N6O2. The molecule has 2 heterocycles. The molecule has 0 aromatic carbocycles. The molecule has 2 aromatic heterocycles. The minimum absolute atomic E-state index is 0.168. The van der Waals surface area contributed by atoms with Crippen molar-refractivity contribution in [2.45, 2.75) is 6.54 Å². The molecule has 3 N–H and O–H groups in total. The molecule has 0 unspecified atom stereocenters. The fraction of sp³-hybridized carbons (Fsp3) is 0.111. The van der Waals surface area contributed by atoms with Gasteiger partial charge in [-0.05, 0) is 16.6 Å². The number of hydrazine groups is 1. The number of anilines is 1. The largest absolute Gasteiger partial charge is 0.389 e. The molecule has 0 aliphatic rings. The van der Waals surface area contributed by atoms with E-state index in [1.165, 1.54) is 10.7 Å². The van der Waals surface area contributed by atoms with Gasteiger partial charge < -0.3 is 15.5 Å². The van der Waals surface area contributed by atoms with Crippen molar-refractivity contribution in [2.75, 3.05) is 5.43 Å². The van der Waals surface area contributed by atoms with Gasteiger partial charge in [0.15, 0.2) is 0 Å².